The number of amides is 1. The lowest BCUT2D eigenvalue weighted by molar-refractivity contribution is -0.115. The summed E-state index contributed by atoms with van der Waals surface area (Å²) in [5.41, 5.74) is 1.46. The lowest BCUT2D eigenvalue weighted by atomic mass is 10.0. The first kappa shape index (κ1) is 19.5. The van der Waals surface area contributed by atoms with Crippen LogP contribution in [0.1, 0.15) is 11.5 Å². The molecule has 8 heteroatoms. The smallest absolute Gasteiger partial charge is 0.237 e. The Hall–Kier alpha value is -2.84. The van der Waals surface area contributed by atoms with Gasteiger partial charge < -0.3 is 15.4 Å². The molecule has 4 rings (SSSR count). The Morgan fingerprint density at radius 3 is 2.83 bits per heavy atom. The van der Waals surface area contributed by atoms with Crippen LogP contribution >= 0.6 is 0 Å². The number of carbonyl (C=O) groups excluding carboxylic acids is 1. The Balaban J connectivity index is 1.39. The van der Waals surface area contributed by atoms with Gasteiger partial charge in [-0.25, -0.2) is 8.78 Å². The van der Waals surface area contributed by atoms with Gasteiger partial charge in [0.2, 0.25) is 5.91 Å². The van der Waals surface area contributed by atoms with Gasteiger partial charge in [-0.1, -0.05) is 6.07 Å². The average molecular weight is 400 g/mol. The largest absolute Gasteiger partial charge is 0.381 e. The minimum Gasteiger partial charge on any atom is -0.381 e. The molecule has 1 fully saturated rings. The van der Waals surface area contributed by atoms with E-state index in [0.717, 1.165) is 32.8 Å². The van der Waals surface area contributed by atoms with Crippen molar-refractivity contribution in [3.63, 3.8) is 0 Å². The molecule has 1 unspecified atom stereocenters. The quantitative estimate of drug-likeness (QED) is 0.732. The summed E-state index contributed by atoms with van der Waals surface area (Å²) >= 11 is 0. The number of rotatable bonds is 6. The van der Waals surface area contributed by atoms with Crippen molar-refractivity contribution in [1.82, 2.24) is 4.90 Å². The fourth-order valence-corrected chi connectivity index (χ4v) is 3.51. The summed E-state index contributed by atoms with van der Waals surface area (Å²) in [6, 6.07) is 9.05. The molecule has 2 N–H and O–H groups in total. The van der Waals surface area contributed by atoms with Crippen LogP contribution in [-0.4, -0.2) is 56.4 Å². The second kappa shape index (κ2) is 8.67. The summed E-state index contributed by atoms with van der Waals surface area (Å²) in [5, 5.41) is 5.72. The van der Waals surface area contributed by atoms with Gasteiger partial charge in [-0.15, -0.1) is 0 Å². The molecule has 0 radical (unpaired) electrons. The van der Waals surface area contributed by atoms with Crippen molar-refractivity contribution in [1.29, 1.82) is 0 Å². The number of ether oxygens (including phenoxy) is 1. The molecule has 2 aliphatic rings. The van der Waals surface area contributed by atoms with Gasteiger partial charge in [0.15, 0.2) is 0 Å². The molecule has 0 saturated carbocycles. The van der Waals surface area contributed by atoms with E-state index < -0.39 is 17.6 Å². The molecule has 2 heterocycles. The summed E-state index contributed by atoms with van der Waals surface area (Å²) in [7, 11) is 0. The van der Waals surface area contributed by atoms with E-state index in [4.69, 9.17) is 4.74 Å². The van der Waals surface area contributed by atoms with Gasteiger partial charge in [0.05, 0.1) is 24.6 Å². The van der Waals surface area contributed by atoms with Gasteiger partial charge in [-0.3, -0.25) is 14.7 Å². The van der Waals surface area contributed by atoms with Gasteiger partial charge in [0, 0.05) is 49.7 Å². The molecule has 152 valence electrons. The van der Waals surface area contributed by atoms with Crippen LogP contribution < -0.4 is 10.6 Å². The summed E-state index contributed by atoms with van der Waals surface area (Å²) in [4.78, 5) is 18.6. The highest BCUT2D eigenvalue weighted by Crippen LogP contribution is 2.34. The van der Waals surface area contributed by atoms with Gasteiger partial charge in [0.25, 0.3) is 0 Å². The van der Waals surface area contributed by atoms with Crippen molar-refractivity contribution in [2.24, 2.45) is 4.99 Å². The van der Waals surface area contributed by atoms with Crippen LogP contribution in [0.15, 0.2) is 41.4 Å². The maximum atomic E-state index is 14.4. The number of fused-ring (bicyclic) bond motifs is 1. The van der Waals surface area contributed by atoms with E-state index in [1.165, 1.54) is 24.4 Å². The first-order valence-electron chi connectivity index (χ1n) is 9.59. The first-order valence-corrected chi connectivity index (χ1v) is 9.59. The Morgan fingerprint density at radius 2 is 2.03 bits per heavy atom. The van der Waals surface area contributed by atoms with Gasteiger partial charge in [-0.2, -0.15) is 0 Å². The zero-order valence-electron chi connectivity index (χ0n) is 15.8. The third kappa shape index (κ3) is 4.44. The third-order valence-electron chi connectivity index (χ3n) is 5.08. The molecule has 2 aromatic rings. The van der Waals surface area contributed by atoms with Crippen LogP contribution in [0.4, 0.5) is 25.8 Å². The number of hydrogen-bond donors (Lipinski definition) is 2. The lowest BCUT2D eigenvalue weighted by Crippen LogP contribution is -2.39. The van der Waals surface area contributed by atoms with E-state index >= 15 is 0 Å². The molecule has 2 aromatic carbocycles. The second-order valence-corrected chi connectivity index (χ2v) is 6.99. The van der Waals surface area contributed by atoms with Crippen molar-refractivity contribution < 1.29 is 18.3 Å². The number of hydrogen-bond acceptors (Lipinski definition) is 5. The summed E-state index contributed by atoms with van der Waals surface area (Å²) in [6.07, 6.45) is 1.35. The fraction of sp³-hybridized carbons (Fsp3) is 0.333. The average Bonchev–Trinajstić information content (AvgIpc) is 3.05. The number of nitrogens with one attached hydrogen (secondary N) is 2. The number of anilines is 2. The summed E-state index contributed by atoms with van der Waals surface area (Å²) < 4.78 is 33.8. The van der Waals surface area contributed by atoms with Crippen molar-refractivity contribution >= 4 is 29.2 Å². The fourth-order valence-electron chi connectivity index (χ4n) is 3.51. The molecule has 2 aliphatic heterocycles. The van der Waals surface area contributed by atoms with Crippen LogP contribution in [0.5, 0.6) is 0 Å². The van der Waals surface area contributed by atoms with E-state index in [1.807, 2.05) is 0 Å². The number of morpholine rings is 1. The molecule has 0 spiro atoms. The van der Waals surface area contributed by atoms with Crippen LogP contribution in [-0.2, 0) is 9.53 Å². The van der Waals surface area contributed by atoms with Crippen LogP contribution in [0.2, 0.25) is 0 Å². The zero-order valence-corrected chi connectivity index (χ0v) is 15.8. The Bertz CT molecular complexity index is 929. The topological polar surface area (TPSA) is 66.0 Å². The van der Waals surface area contributed by atoms with Crippen LogP contribution in [0.25, 0.3) is 0 Å². The van der Waals surface area contributed by atoms with E-state index in [1.54, 1.807) is 18.2 Å². The molecule has 0 bridgehead atoms. The first-order chi connectivity index (χ1) is 14.1. The molecular formula is C21H22F2N4O2. The monoisotopic (exact) mass is 400 g/mol. The SMILES string of the molecule is O=C1Nc2cccc(F)c2C1C=Nc1ccc(NCCN2CCOCC2)c(F)c1. The number of aliphatic imine (C=N–C) groups is 1. The van der Waals surface area contributed by atoms with Gasteiger partial charge in [-0.05, 0) is 24.3 Å². The normalized spacial score (nSPS) is 19.4. The highest BCUT2D eigenvalue weighted by atomic mass is 19.1. The predicted molar refractivity (Wildman–Crippen MR) is 108 cm³/mol. The lowest BCUT2D eigenvalue weighted by Gasteiger charge is -2.26. The van der Waals surface area contributed by atoms with E-state index in [2.05, 4.69) is 20.5 Å². The molecular weight excluding hydrogens is 378 g/mol. The van der Waals surface area contributed by atoms with Crippen molar-refractivity contribution in [2.45, 2.75) is 5.92 Å². The summed E-state index contributed by atoms with van der Waals surface area (Å²) in [6.45, 7) is 4.66. The standard InChI is InChI=1S/C21H22F2N4O2/c22-16-2-1-3-19-20(16)15(21(28)26-19)13-25-14-4-5-18(17(23)12-14)24-6-7-27-8-10-29-11-9-27/h1-5,12-13,15,24H,6-11H2,(H,26,28). The van der Waals surface area contributed by atoms with Gasteiger partial charge >= 0.3 is 0 Å². The zero-order chi connectivity index (χ0) is 20.2. The van der Waals surface area contributed by atoms with E-state index in [9.17, 15) is 13.6 Å². The minimum absolute atomic E-state index is 0.267. The number of nitrogens with zero attached hydrogens (tertiary/aromatic N) is 2. The Labute approximate surface area is 167 Å². The molecule has 1 atom stereocenters. The third-order valence-corrected chi connectivity index (χ3v) is 5.08. The molecule has 29 heavy (non-hydrogen) atoms. The maximum Gasteiger partial charge on any atom is 0.237 e. The number of halogens is 2. The van der Waals surface area contributed by atoms with Crippen molar-refractivity contribution in [3.05, 3.63) is 53.6 Å². The molecule has 1 saturated heterocycles. The minimum atomic E-state index is -0.833. The molecule has 1 amide bonds. The molecule has 0 aromatic heterocycles. The molecule has 0 aliphatic carbocycles. The van der Waals surface area contributed by atoms with E-state index in [0.29, 0.717) is 23.6 Å². The second-order valence-electron chi connectivity index (χ2n) is 6.99. The Morgan fingerprint density at radius 1 is 1.21 bits per heavy atom. The highest BCUT2D eigenvalue weighted by Gasteiger charge is 2.31. The van der Waals surface area contributed by atoms with Gasteiger partial charge in [0.1, 0.15) is 17.6 Å². The van der Waals surface area contributed by atoms with Crippen molar-refractivity contribution in [3.8, 4) is 0 Å². The number of benzene rings is 2. The maximum absolute atomic E-state index is 14.4. The predicted octanol–water partition coefficient (Wildman–Crippen LogP) is 3.15. The number of carbonyl (C=O) groups is 1. The highest BCUT2D eigenvalue weighted by molar-refractivity contribution is 6.12. The van der Waals surface area contributed by atoms with E-state index in [-0.39, 0.29) is 11.5 Å². The van der Waals surface area contributed by atoms with Crippen LogP contribution in [0, 0.1) is 11.6 Å². The molecule has 6 nitrogen and oxygen atoms in total. The van der Waals surface area contributed by atoms with Crippen molar-refractivity contribution in [2.75, 3.05) is 50.0 Å². The Kier molecular flexibility index (Phi) is 5.82. The summed E-state index contributed by atoms with van der Waals surface area (Å²) in [5.74, 6) is -2.08. The van der Waals surface area contributed by atoms with Crippen LogP contribution in [0.3, 0.4) is 0 Å².